The molecule has 0 aliphatic heterocycles. The van der Waals surface area contributed by atoms with E-state index in [1.807, 2.05) is 4.98 Å². The Bertz CT molecular complexity index is 893. The van der Waals surface area contributed by atoms with Crippen LogP contribution in [0.1, 0.15) is 29.8 Å². The van der Waals surface area contributed by atoms with Crippen molar-refractivity contribution in [2.24, 2.45) is 0 Å². The maximum Gasteiger partial charge on any atom is 0.416 e. The molecule has 1 aliphatic carbocycles. The molecule has 1 aromatic heterocycles. The Morgan fingerprint density at radius 1 is 1.27 bits per heavy atom. The minimum Gasteiger partial charge on any atom is -0.501 e. The van der Waals surface area contributed by atoms with E-state index >= 15 is 0 Å². The van der Waals surface area contributed by atoms with Gasteiger partial charge in [-0.2, -0.15) is 13.2 Å². The number of amides is 1. The fraction of sp³-hybridized carbons (Fsp3) is 0.312. The van der Waals surface area contributed by atoms with Crippen molar-refractivity contribution >= 4 is 5.91 Å². The normalized spacial score (nSPS) is 21.7. The Hall–Kier alpha value is -3.04. The van der Waals surface area contributed by atoms with Gasteiger partial charge in [0, 0.05) is 6.04 Å². The highest BCUT2D eigenvalue weighted by Gasteiger charge is 2.32. The van der Waals surface area contributed by atoms with Crippen LogP contribution >= 0.6 is 0 Å². The summed E-state index contributed by atoms with van der Waals surface area (Å²) in [5.41, 5.74) is -3.22. The standard InChI is InChI=1S/C16H16F3N3O4/c1-8-2-4-9(16(17,18)19)5-7-10(6-3-8)20-13(24)11-12(23)14(25)22-15(26)21-11/h2,4-5,10,23H,1,3,6-7H2,(H,20,24)(H2,21,22,25,26)/b4-2-,9-5+/t10-/m1/s1. The van der Waals surface area contributed by atoms with Crippen molar-refractivity contribution in [1.82, 2.24) is 15.3 Å². The summed E-state index contributed by atoms with van der Waals surface area (Å²) in [6, 6.07) is -0.723. The van der Waals surface area contributed by atoms with Crippen molar-refractivity contribution in [2.45, 2.75) is 31.5 Å². The number of hydrogen-bond acceptors (Lipinski definition) is 4. The molecule has 1 atom stereocenters. The Balaban J connectivity index is 2.25. The summed E-state index contributed by atoms with van der Waals surface area (Å²) < 4.78 is 38.9. The second-order valence-electron chi connectivity index (χ2n) is 5.73. The van der Waals surface area contributed by atoms with Gasteiger partial charge in [0.1, 0.15) is 0 Å². The highest BCUT2D eigenvalue weighted by molar-refractivity contribution is 5.94. The molecule has 10 heteroatoms. The third kappa shape index (κ3) is 4.74. The number of alkyl halides is 3. The minimum absolute atomic E-state index is 0.133. The van der Waals surface area contributed by atoms with Gasteiger partial charge in [0.25, 0.3) is 11.5 Å². The zero-order valence-corrected chi connectivity index (χ0v) is 13.4. The molecule has 0 spiro atoms. The SMILES string of the molecule is C=C1/C=C\C(C(F)(F)F)=C/C[C@H](NC(=O)c2[nH]c(=O)[nH]c(=O)c2O)CC1. The van der Waals surface area contributed by atoms with Gasteiger partial charge in [-0.1, -0.05) is 30.4 Å². The van der Waals surface area contributed by atoms with Crippen LogP contribution in [0.4, 0.5) is 13.2 Å². The van der Waals surface area contributed by atoms with E-state index in [1.54, 1.807) is 4.98 Å². The highest BCUT2D eigenvalue weighted by Crippen LogP contribution is 2.29. The average Bonchev–Trinajstić information content (AvgIpc) is 2.62. The van der Waals surface area contributed by atoms with E-state index in [-0.39, 0.29) is 12.8 Å². The first-order valence-corrected chi connectivity index (χ1v) is 7.57. The number of rotatable bonds is 2. The van der Waals surface area contributed by atoms with E-state index in [2.05, 4.69) is 11.9 Å². The first-order valence-electron chi connectivity index (χ1n) is 7.57. The lowest BCUT2D eigenvalue weighted by atomic mass is 10.0. The summed E-state index contributed by atoms with van der Waals surface area (Å²) in [5, 5.41) is 12.0. The molecule has 0 fully saturated rings. The number of carbonyl (C=O) groups is 1. The Labute approximate surface area is 145 Å². The van der Waals surface area contributed by atoms with E-state index in [0.717, 1.165) is 12.2 Å². The number of hydrogen-bond donors (Lipinski definition) is 4. The van der Waals surface area contributed by atoms with Crippen molar-refractivity contribution in [3.05, 3.63) is 62.5 Å². The van der Waals surface area contributed by atoms with Gasteiger partial charge in [0.05, 0.1) is 5.57 Å². The summed E-state index contributed by atoms with van der Waals surface area (Å²) >= 11 is 0. The van der Waals surface area contributed by atoms with E-state index in [9.17, 15) is 32.7 Å². The van der Waals surface area contributed by atoms with Crippen LogP contribution < -0.4 is 16.6 Å². The van der Waals surface area contributed by atoms with Crippen LogP contribution in [0.15, 0.2) is 45.5 Å². The fourth-order valence-corrected chi connectivity index (χ4v) is 2.35. The zero-order valence-electron chi connectivity index (χ0n) is 13.4. The lowest BCUT2D eigenvalue weighted by Crippen LogP contribution is -2.37. The zero-order chi connectivity index (χ0) is 19.5. The van der Waals surface area contributed by atoms with Crippen molar-refractivity contribution in [2.75, 3.05) is 0 Å². The number of aromatic nitrogens is 2. The molecule has 140 valence electrons. The van der Waals surface area contributed by atoms with Crippen LogP contribution in [0.5, 0.6) is 5.75 Å². The fourth-order valence-electron chi connectivity index (χ4n) is 2.35. The second-order valence-corrected chi connectivity index (χ2v) is 5.73. The largest absolute Gasteiger partial charge is 0.501 e. The van der Waals surface area contributed by atoms with Crippen LogP contribution in [0.3, 0.4) is 0 Å². The predicted octanol–water partition coefficient (Wildman–Crippen LogP) is 1.65. The first-order chi connectivity index (χ1) is 12.1. The maximum atomic E-state index is 13.0. The predicted molar refractivity (Wildman–Crippen MR) is 86.9 cm³/mol. The maximum absolute atomic E-state index is 13.0. The quantitative estimate of drug-likeness (QED) is 0.633. The van der Waals surface area contributed by atoms with E-state index in [1.165, 1.54) is 6.08 Å². The lowest BCUT2D eigenvalue weighted by Gasteiger charge is -2.17. The van der Waals surface area contributed by atoms with E-state index in [0.29, 0.717) is 12.0 Å². The van der Waals surface area contributed by atoms with Crippen LogP contribution in [0.2, 0.25) is 0 Å². The summed E-state index contributed by atoms with van der Waals surface area (Å²) in [6.45, 7) is 3.66. The summed E-state index contributed by atoms with van der Waals surface area (Å²) in [4.78, 5) is 38.5. The Morgan fingerprint density at radius 2 is 1.96 bits per heavy atom. The van der Waals surface area contributed by atoms with Crippen LogP contribution in [0.25, 0.3) is 0 Å². The lowest BCUT2D eigenvalue weighted by molar-refractivity contribution is -0.0884. The number of aromatic amines is 2. The third-order valence-corrected chi connectivity index (χ3v) is 3.74. The molecule has 1 aliphatic rings. The number of H-pyrrole nitrogens is 2. The van der Waals surface area contributed by atoms with Gasteiger partial charge in [0.2, 0.25) is 5.75 Å². The Morgan fingerprint density at radius 3 is 2.62 bits per heavy atom. The van der Waals surface area contributed by atoms with Crippen LogP contribution in [-0.2, 0) is 0 Å². The summed E-state index contributed by atoms with van der Waals surface area (Å²) in [5.74, 6) is -1.96. The number of allylic oxidation sites excluding steroid dienone is 4. The molecular formula is C16H16F3N3O4. The Kier molecular flexibility index (Phi) is 5.53. The topological polar surface area (TPSA) is 115 Å². The van der Waals surface area contributed by atoms with E-state index in [4.69, 9.17) is 0 Å². The number of halogens is 3. The molecule has 0 bridgehead atoms. The van der Waals surface area contributed by atoms with Gasteiger partial charge in [-0.15, -0.1) is 0 Å². The van der Waals surface area contributed by atoms with Gasteiger partial charge >= 0.3 is 11.9 Å². The summed E-state index contributed by atoms with van der Waals surface area (Å²) in [6.07, 6.45) is -0.933. The molecule has 7 nitrogen and oxygen atoms in total. The third-order valence-electron chi connectivity index (χ3n) is 3.74. The molecule has 0 saturated carbocycles. The van der Waals surface area contributed by atoms with E-state index < -0.39 is 46.4 Å². The first kappa shape index (κ1) is 19.3. The molecule has 1 amide bonds. The van der Waals surface area contributed by atoms with Crippen LogP contribution in [0, 0.1) is 0 Å². The second kappa shape index (κ2) is 7.46. The monoisotopic (exact) mass is 371 g/mol. The smallest absolute Gasteiger partial charge is 0.416 e. The van der Waals surface area contributed by atoms with Gasteiger partial charge in [-0.3, -0.25) is 19.6 Å². The van der Waals surface area contributed by atoms with Crippen LogP contribution in [-0.4, -0.2) is 33.2 Å². The van der Waals surface area contributed by atoms with Crippen molar-refractivity contribution in [3.63, 3.8) is 0 Å². The molecule has 26 heavy (non-hydrogen) atoms. The van der Waals surface area contributed by atoms with Gasteiger partial charge in [-0.05, 0) is 19.3 Å². The molecular weight excluding hydrogens is 355 g/mol. The minimum atomic E-state index is -4.55. The molecule has 0 saturated heterocycles. The molecule has 1 aromatic rings. The average molecular weight is 371 g/mol. The van der Waals surface area contributed by atoms with Gasteiger partial charge in [0.15, 0.2) is 5.69 Å². The van der Waals surface area contributed by atoms with Crippen molar-refractivity contribution in [1.29, 1.82) is 0 Å². The molecule has 2 rings (SSSR count). The molecule has 0 radical (unpaired) electrons. The highest BCUT2D eigenvalue weighted by atomic mass is 19.4. The molecule has 4 N–H and O–H groups in total. The molecule has 0 unspecified atom stereocenters. The summed E-state index contributed by atoms with van der Waals surface area (Å²) in [7, 11) is 0. The number of carbonyl (C=O) groups excluding carboxylic acids is 1. The van der Waals surface area contributed by atoms with Gasteiger partial charge in [-0.25, -0.2) is 4.79 Å². The molecule has 0 aromatic carbocycles. The van der Waals surface area contributed by atoms with Crippen molar-refractivity contribution in [3.8, 4) is 5.75 Å². The number of aromatic hydroxyl groups is 1. The number of nitrogens with one attached hydrogen (secondary N) is 3. The van der Waals surface area contributed by atoms with Gasteiger partial charge < -0.3 is 10.4 Å². The van der Waals surface area contributed by atoms with Crippen molar-refractivity contribution < 1.29 is 23.1 Å². The molecule has 1 heterocycles.